The third-order valence-electron chi connectivity index (χ3n) is 6.74. The first-order chi connectivity index (χ1) is 18.2. The number of anilines is 1. The van der Waals surface area contributed by atoms with Gasteiger partial charge in [0.15, 0.2) is 0 Å². The molecule has 0 aliphatic carbocycles. The maximum atomic E-state index is 13.0. The van der Waals surface area contributed by atoms with E-state index in [2.05, 4.69) is 10.2 Å². The van der Waals surface area contributed by atoms with Crippen molar-refractivity contribution in [3.63, 3.8) is 0 Å². The van der Waals surface area contributed by atoms with Gasteiger partial charge >= 0.3 is 18.4 Å². The standard InChI is InChI=1S/C27H36F2N2O7/c1-17(7-9-21(32)37-13-5-4-10-31-11-14-36-15-12-31)6-8-19-23(30-26(33)25(28)29)22-20(16-38-27(22)34)18(2)24(19)35-3/h6,25H,4-5,7-16H2,1-3H3,(H,30,33). The Balaban J connectivity index is 1.58. The molecule has 2 heterocycles. The smallest absolute Gasteiger partial charge is 0.341 e. The van der Waals surface area contributed by atoms with Gasteiger partial charge in [-0.15, -0.1) is 0 Å². The molecule has 0 spiro atoms. The van der Waals surface area contributed by atoms with Crippen LogP contribution >= 0.6 is 0 Å². The molecule has 1 N–H and O–H groups in total. The number of unbranched alkanes of at least 4 members (excludes halogenated alkanes) is 1. The molecule has 2 aliphatic heterocycles. The molecule has 1 aromatic carbocycles. The largest absolute Gasteiger partial charge is 0.496 e. The Kier molecular flexibility index (Phi) is 11.0. The number of morpholine rings is 1. The molecule has 38 heavy (non-hydrogen) atoms. The molecule has 0 unspecified atom stereocenters. The van der Waals surface area contributed by atoms with E-state index < -0.39 is 18.3 Å². The predicted molar refractivity (Wildman–Crippen MR) is 136 cm³/mol. The highest BCUT2D eigenvalue weighted by molar-refractivity contribution is 6.06. The van der Waals surface area contributed by atoms with E-state index in [1.165, 1.54) is 7.11 Å². The van der Waals surface area contributed by atoms with Crippen LogP contribution < -0.4 is 10.1 Å². The number of ether oxygens (including phenoxy) is 4. The Hall–Kier alpha value is -3.05. The zero-order valence-electron chi connectivity index (χ0n) is 22.2. The van der Waals surface area contributed by atoms with Crippen molar-refractivity contribution >= 4 is 23.5 Å². The summed E-state index contributed by atoms with van der Waals surface area (Å²) < 4.78 is 47.4. The van der Waals surface area contributed by atoms with Gasteiger partial charge in [0.25, 0.3) is 5.91 Å². The molecule has 1 amide bonds. The third-order valence-corrected chi connectivity index (χ3v) is 6.74. The lowest BCUT2D eigenvalue weighted by Gasteiger charge is -2.26. The normalized spacial score (nSPS) is 15.8. The highest BCUT2D eigenvalue weighted by Crippen LogP contribution is 2.41. The molecule has 0 atom stereocenters. The summed E-state index contributed by atoms with van der Waals surface area (Å²) in [5.74, 6) is -2.12. The molecule has 1 saturated heterocycles. The predicted octanol–water partition coefficient (Wildman–Crippen LogP) is 3.80. The van der Waals surface area contributed by atoms with Crippen LogP contribution in [0.5, 0.6) is 5.75 Å². The Morgan fingerprint density at radius 2 is 1.92 bits per heavy atom. The number of cyclic esters (lactones) is 1. The number of allylic oxidation sites excluding steroid dienone is 2. The van der Waals surface area contributed by atoms with Crippen molar-refractivity contribution in [3.8, 4) is 5.75 Å². The monoisotopic (exact) mass is 538 g/mol. The van der Waals surface area contributed by atoms with E-state index in [0.29, 0.717) is 35.5 Å². The molecule has 11 heteroatoms. The lowest BCUT2D eigenvalue weighted by Crippen LogP contribution is -2.36. The second kappa shape index (κ2) is 14.2. The van der Waals surface area contributed by atoms with Gasteiger partial charge in [-0.25, -0.2) is 4.79 Å². The highest BCUT2D eigenvalue weighted by atomic mass is 19.3. The van der Waals surface area contributed by atoms with Gasteiger partial charge in [-0.2, -0.15) is 8.78 Å². The fraction of sp³-hybridized carbons (Fsp3) is 0.593. The number of carbonyl (C=O) groups excluding carboxylic acids is 3. The number of amides is 1. The van der Waals surface area contributed by atoms with Gasteiger partial charge in [-0.3, -0.25) is 14.5 Å². The van der Waals surface area contributed by atoms with E-state index in [4.69, 9.17) is 18.9 Å². The number of hydrogen-bond acceptors (Lipinski definition) is 8. The fourth-order valence-corrected chi connectivity index (χ4v) is 4.57. The van der Waals surface area contributed by atoms with Crippen molar-refractivity contribution in [1.82, 2.24) is 4.90 Å². The maximum absolute atomic E-state index is 13.0. The summed E-state index contributed by atoms with van der Waals surface area (Å²) in [5.41, 5.74) is 2.42. The lowest BCUT2D eigenvalue weighted by atomic mass is 9.93. The first kappa shape index (κ1) is 29.5. The number of rotatable bonds is 13. The summed E-state index contributed by atoms with van der Waals surface area (Å²) in [6, 6.07) is 0. The molecular formula is C27H36F2N2O7. The average molecular weight is 539 g/mol. The number of alkyl halides is 2. The number of halogens is 2. The third kappa shape index (κ3) is 7.73. The molecule has 3 rings (SSSR count). The van der Waals surface area contributed by atoms with Crippen molar-refractivity contribution < 1.29 is 42.1 Å². The number of fused-ring (bicyclic) bond motifs is 1. The van der Waals surface area contributed by atoms with Crippen molar-refractivity contribution in [3.05, 3.63) is 33.9 Å². The number of benzene rings is 1. The molecule has 210 valence electrons. The minimum absolute atomic E-state index is 0.0294. The zero-order chi connectivity index (χ0) is 27.7. The van der Waals surface area contributed by atoms with Crippen molar-refractivity contribution in [2.24, 2.45) is 0 Å². The first-order valence-electron chi connectivity index (χ1n) is 12.8. The number of carbonyl (C=O) groups is 3. The molecule has 1 fully saturated rings. The van der Waals surface area contributed by atoms with Crippen LogP contribution in [0.3, 0.4) is 0 Å². The molecule has 0 aromatic heterocycles. The number of hydrogen-bond donors (Lipinski definition) is 1. The van der Waals surface area contributed by atoms with Crippen LogP contribution in [0.2, 0.25) is 0 Å². The van der Waals surface area contributed by atoms with E-state index in [9.17, 15) is 23.2 Å². The number of esters is 2. The van der Waals surface area contributed by atoms with Crippen LogP contribution in [0, 0.1) is 6.92 Å². The van der Waals surface area contributed by atoms with Gasteiger partial charge < -0.3 is 24.3 Å². The summed E-state index contributed by atoms with van der Waals surface area (Å²) in [5, 5.41) is 2.19. The molecule has 0 saturated carbocycles. The number of nitrogens with zero attached hydrogens (tertiary/aromatic N) is 1. The van der Waals surface area contributed by atoms with Crippen LogP contribution in [0.4, 0.5) is 14.5 Å². The average Bonchev–Trinajstić information content (AvgIpc) is 3.29. The number of nitrogens with one attached hydrogen (secondary N) is 1. The topological polar surface area (TPSA) is 103 Å². The summed E-state index contributed by atoms with van der Waals surface area (Å²) in [6.07, 6.45) is 1.14. The van der Waals surface area contributed by atoms with Crippen LogP contribution in [0.15, 0.2) is 11.6 Å². The maximum Gasteiger partial charge on any atom is 0.341 e. The van der Waals surface area contributed by atoms with E-state index >= 15 is 0 Å². The van der Waals surface area contributed by atoms with E-state index in [-0.39, 0.29) is 36.7 Å². The van der Waals surface area contributed by atoms with Gasteiger partial charge in [-0.05, 0) is 51.6 Å². The second-order valence-corrected chi connectivity index (χ2v) is 9.37. The molecule has 9 nitrogen and oxygen atoms in total. The quantitative estimate of drug-likeness (QED) is 0.230. The zero-order valence-corrected chi connectivity index (χ0v) is 22.2. The first-order valence-corrected chi connectivity index (χ1v) is 12.8. The van der Waals surface area contributed by atoms with Crippen molar-refractivity contribution in [2.75, 3.05) is 51.9 Å². The minimum atomic E-state index is -3.26. The molecule has 0 radical (unpaired) electrons. The summed E-state index contributed by atoms with van der Waals surface area (Å²) in [6.45, 7) is 8.30. The van der Waals surface area contributed by atoms with Crippen LogP contribution in [0.25, 0.3) is 0 Å². The summed E-state index contributed by atoms with van der Waals surface area (Å²) in [4.78, 5) is 38.7. The minimum Gasteiger partial charge on any atom is -0.496 e. The van der Waals surface area contributed by atoms with Gasteiger partial charge in [-0.1, -0.05) is 11.6 Å². The van der Waals surface area contributed by atoms with Gasteiger partial charge in [0.1, 0.15) is 12.4 Å². The Morgan fingerprint density at radius 3 is 2.61 bits per heavy atom. The van der Waals surface area contributed by atoms with Gasteiger partial charge in [0.2, 0.25) is 0 Å². The fourth-order valence-electron chi connectivity index (χ4n) is 4.57. The Bertz CT molecular complexity index is 1050. The van der Waals surface area contributed by atoms with E-state index in [0.717, 1.165) is 51.3 Å². The van der Waals surface area contributed by atoms with E-state index in [1.54, 1.807) is 6.92 Å². The van der Waals surface area contributed by atoms with Gasteiger partial charge in [0, 0.05) is 30.6 Å². The number of methoxy groups -OCH3 is 1. The lowest BCUT2D eigenvalue weighted by molar-refractivity contribution is -0.143. The van der Waals surface area contributed by atoms with E-state index in [1.807, 2.05) is 13.0 Å². The van der Waals surface area contributed by atoms with Crippen LogP contribution in [0.1, 0.15) is 59.7 Å². The van der Waals surface area contributed by atoms with Gasteiger partial charge in [0.05, 0.1) is 38.2 Å². The molecule has 2 aliphatic rings. The molecule has 0 bridgehead atoms. The Morgan fingerprint density at radius 1 is 1.18 bits per heavy atom. The van der Waals surface area contributed by atoms with Crippen LogP contribution in [-0.4, -0.2) is 75.7 Å². The SMILES string of the molecule is COc1c(C)c2c(c(NC(=O)C(F)F)c1CC=C(C)CCC(=O)OCCCCN1CCOCC1)C(=O)OC2. The highest BCUT2D eigenvalue weighted by Gasteiger charge is 2.33. The van der Waals surface area contributed by atoms with Crippen molar-refractivity contribution in [1.29, 1.82) is 0 Å². The second-order valence-electron chi connectivity index (χ2n) is 9.37. The summed E-state index contributed by atoms with van der Waals surface area (Å²) >= 11 is 0. The van der Waals surface area contributed by atoms with Crippen molar-refractivity contribution in [2.45, 2.75) is 59.0 Å². The molecular weight excluding hydrogens is 502 g/mol. The Labute approximate surface area is 221 Å². The molecule has 1 aromatic rings. The van der Waals surface area contributed by atoms with Crippen LogP contribution in [-0.2, 0) is 36.8 Å². The summed E-state index contributed by atoms with van der Waals surface area (Å²) in [7, 11) is 1.43.